The molecule has 0 saturated heterocycles. The predicted octanol–water partition coefficient (Wildman–Crippen LogP) is 0.591. The maximum atomic E-state index is 11.9. The highest BCUT2D eigenvalue weighted by atomic mass is 16.3. The highest BCUT2D eigenvalue weighted by Gasteiger charge is 2.29. The van der Waals surface area contributed by atoms with E-state index in [1.54, 1.807) is 16.8 Å². The molecule has 1 aliphatic rings. The van der Waals surface area contributed by atoms with E-state index in [1.165, 1.54) is 0 Å². The molecule has 5 nitrogen and oxygen atoms in total. The third-order valence-electron chi connectivity index (χ3n) is 3.13. The Labute approximate surface area is 101 Å². The lowest BCUT2D eigenvalue weighted by molar-refractivity contribution is 0.0892. The van der Waals surface area contributed by atoms with Crippen molar-refractivity contribution in [1.82, 2.24) is 9.88 Å². The summed E-state index contributed by atoms with van der Waals surface area (Å²) >= 11 is 0. The summed E-state index contributed by atoms with van der Waals surface area (Å²) in [6.07, 6.45) is 3.46. The molecule has 0 aromatic carbocycles. The second-order valence-corrected chi connectivity index (χ2v) is 4.56. The van der Waals surface area contributed by atoms with Crippen LogP contribution in [-0.4, -0.2) is 28.2 Å². The van der Waals surface area contributed by atoms with Crippen molar-refractivity contribution < 1.29 is 9.90 Å². The Morgan fingerprint density at radius 3 is 3.00 bits per heavy atom. The Bertz CT molecular complexity index is 410. The fourth-order valence-electron chi connectivity index (χ4n) is 1.92. The summed E-state index contributed by atoms with van der Waals surface area (Å²) in [6, 6.07) is 1.66. The molecule has 1 aromatic heterocycles. The number of hydrogen-bond donors (Lipinski definition) is 3. The van der Waals surface area contributed by atoms with Gasteiger partial charge in [-0.3, -0.25) is 4.79 Å². The highest BCUT2D eigenvalue weighted by molar-refractivity contribution is 5.93. The normalized spacial score (nSPS) is 16.8. The van der Waals surface area contributed by atoms with Crippen molar-refractivity contribution in [1.29, 1.82) is 0 Å². The predicted molar refractivity (Wildman–Crippen MR) is 65.6 cm³/mol. The first-order valence-electron chi connectivity index (χ1n) is 6.03. The molecule has 1 fully saturated rings. The van der Waals surface area contributed by atoms with Gasteiger partial charge in [0, 0.05) is 19.3 Å². The Hall–Kier alpha value is -1.49. The number of anilines is 1. The van der Waals surface area contributed by atoms with Gasteiger partial charge < -0.3 is 20.7 Å². The molecule has 17 heavy (non-hydrogen) atoms. The van der Waals surface area contributed by atoms with Crippen molar-refractivity contribution in [3.63, 3.8) is 0 Å². The van der Waals surface area contributed by atoms with Gasteiger partial charge in [0.15, 0.2) is 0 Å². The summed E-state index contributed by atoms with van der Waals surface area (Å²) in [6.45, 7) is 2.97. The van der Waals surface area contributed by atoms with Gasteiger partial charge in [0.1, 0.15) is 5.69 Å². The van der Waals surface area contributed by atoms with Crippen LogP contribution >= 0.6 is 0 Å². The van der Waals surface area contributed by atoms with Gasteiger partial charge in [-0.05, 0) is 31.7 Å². The lowest BCUT2D eigenvalue weighted by Gasteiger charge is -2.11. The summed E-state index contributed by atoms with van der Waals surface area (Å²) in [5.41, 5.74) is 6.79. The van der Waals surface area contributed by atoms with Crippen molar-refractivity contribution in [3.05, 3.63) is 18.0 Å². The number of aliphatic hydroxyl groups is 1. The average molecular weight is 237 g/mol. The molecule has 1 aromatic rings. The first kappa shape index (κ1) is 12.0. The summed E-state index contributed by atoms with van der Waals surface area (Å²) in [7, 11) is 0. The van der Waals surface area contributed by atoms with Crippen LogP contribution in [0.4, 0.5) is 5.69 Å². The van der Waals surface area contributed by atoms with Crippen LogP contribution in [0.3, 0.4) is 0 Å². The first-order valence-corrected chi connectivity index (χ1v) is 6.03. The number of aliphatic hydroxyl groups excluding tert-OH is 1. The molecule has 94 valence electrons. The quantitative estimate of drug-likeness (QED) is 0.701. The Morgan fingerprint density at radius 2 is 2.41 bits per heavy atom. The average Bonchev–Trinajstić information content (AvgIpc) is 3.09. The summed E-state index contributed by atoms with van der Waals surface area (Å²) < 4.78 is 1.80. The standard InChI is InChI=1S/C12H19N3O2/c1-2-15-7-9(13)5-10(15)12(17)14-6-11(16)8-3-4-8/h5,7-8,11,16H,2-4,6,13H2,1H3,(H,14,17). The van der Waals surface area contributed by atoms with Crippen LogP contribution in [-0.2, 0) is 6.54 Å². The zero-order valence-electron chi connectivity index (χ0n) is 10.0. The van der Waals surface area contributed by atoms with E-state index in [9.17, 15) is 9.90 Å². The number of aromatic nitrogens is 1. The number of amides is 1. The van der Waals surface area contributed by atoms with E-state index in [0.717, 1.165) is 12.8 Å². The summed E-state index contributed by atoms with van der Waals surface area (Å²) in [4.78, 5) is 11.9. The van der Waals surface area contributed by atoms with Crippen LogP contribution in [0.2, 0.25) is 0 Å². The highest BCUT2D eigenvalue weighted by Crippen LogP contribution is 2.32. The molecule has 1 unspecified atom stereocenters. The number of nitrogens with one attached hydrogen (secondary N) is 1. The van der Waals surface area contributed by atoms with E-state index < -0.39 is 6.10 Å². The van der Waals surface area contributed by atoms with Gasteiger partial charge in [-0.15, -0.1) is 0 Å². The van der Waals surface area contributed by atoms with Crippen molar-refractivity contribution in [3.8, 4) is 0 Å². The minimum absolute atomic E-state index is 0.178. The van der Waals surface area contributed by atoms with Crippen LogP contribution in [0.5, 0.6) is 0 Å². The molecule has 1 atom stereocenters. The third kappa shape index (κ3) is 2.79. The number of carbonyl (C=O) groups excluding carboxylic acids is 1. The molecular weight excluding hydrogens is 218 g/mol. The van der Waals surface area contributed by atoms with E-state index in [0.29, 0.717) is 30.4 Å². The van der Waals surface area contributed by atoms with Crippen LogP contribution < -0.4 is 11.1 Å². The lowest BCUT2D eigenvalue weighted by atomic mass is 10.2. The number of carbonyl (C=O) groups is 1. The molecule has 1 heterocycles. The molecule has 0 aliphatic heterocycles. The van der Waals surface area contributed by atoms with Gasteiger partial charge in [0.2, 0.25) is 0 Å². The molecule has 4 N–H and O–H groups in total. The van der Waals surface area contributed by atoms with E-state index in [-0.39, 0.29) is 5.91 Å². The summed E-state index contributed by atoms with van der Waals surface area (Å²) in [5.74, 6) is 0.196. The van der Waals surface area contributed by atoms with Crippen LogP contribution in [0.15, 0.2) is 12.3 Å². The molecule has 0 radical (unpaired) electrons. The fraction of sp³-hybridized carbons (Fsp3) is 0.583. The Balaban J connectivity index is 1.93. The minimum Gasteiger partial charge on any atom is -0.397 e. The monoisotopic (exact) mass is 237 g/mol. The second kappa shape index (κ2) is 4.79. The zero-order valence-corrected chi connectivity index (χ0v) is 10.0. The van der Waals surface area contributed by atoms with Gasteiger partial charge >= 0.3 is 0 Å². The van der Waals surface area contributed by atoms with Crippen molar-refractivity contribution in [2.24, 2.45) is 5.92 Å². The topological polar surface area (TPSA) is 80.3 Å². The molecule has 0 bridgehead atoms. The van der Waals surface area contributed by atoms with Gasteiger partial charge in [-0.1, -0.05) is 0 Å². The van der Waals surface area contributed by atoms with Crippen molar-refractivity contribution >= 4 is 11.6 Å². The van der Waals surface area contributed by atoms with Crippen molar-refractivity contribution in [2.45, 2.75) is 32.4 Å². The third-order valence-corrected chi connectivity index (χ3v) is 3.13. The molecule has 0 spiro atoms. The maximum Gasteiger partial charge on any atom is 0.268 e. The van der Waals surface area contributed by atoms with Gasteiger partial charge in [0.25, 0.3) is 5.91 Å². The van der Waals surface area contributed by atoms with E-state index in [4.69, 9.17) is 5.73 Å². The fourth-order valence-corrected chi connectivity index (χ4v) is 1.92. The SMILES string of the molecule is CCn1cc(N)cc1C(=O)NCC(O)C1CC1. The number of nitrogen functional groups attached to an aromatic ring is 1. The number of nitrogens with two attached hydrogens (primary N) is 1. The largest absolute Gasteiger partial charge is 0.397 e. The van der Waals surface area contributed by atoms with Gasteiger partial charge in [0.05, 0.1) is 11.8 Å². The van der Waals surface area contributed by atoms with E-state index in [2.05, 4.69) is 5.32 Å². The Morgan fingerprint density at radius 1 is 1.71 bits per heavy atom. The van der Waals surface area contributed by atoms with Crippen molar-refractivity contribution in [2.75, 3.05) is 12.3 Å². The molecule has 5 heteroatoms. The first-order chi connectivity index (χ1) is 8.11. The second-order valence-electron chi connectivity index (χ2n) is 4.56. The zero-order chi connectivity index (χ0) is 12.4. The molecule has 1 saturated carbocycles. The smallest absolute Gasteiger partial charge is 0.268 e. The van der Waals surface area contributed by atoms with E-state index >= 15 is 0 Å². The van der Waals surface area contributed by atoms with Crippen LogP contribution in [0, 0.1) is 5.92 Å². The maximum absolute atomic E-state index is 11.9. The summed E-state index contributed by atoms with van der Waals surface area (Å²) in [5, 5.41) is 12.4. The van der Waals surface area contributed by atoms with Gasteiger partial charge in [-0.25, -0.2) is 0 Å². The number of hydrogen-bond acceptors (Lipinski definition) is 3. The molecule has 1 aliphatic carbocycles. The van der Waals surface area contributed by atoms with Gasteiger partial charge in [-0.2, -0.15) is 0 Å². The molecule has 1 amide bonds. The lowest BCUT2D eigenvalue weighted by Crippen LogP contribution is -2.34. The number of aryl methyl sites for hydroxylation is 1. The Kier molecular flexibility index (Phi) is 3.38. The van der Waals surface area contributed by atoms with Crippen LogP contribution in [0.1, 0.15) is 30.3 Å². The minimum atomic E-state index is -0.415. The molecular formula is C12H19N3O2. The number of nitrogens with zero attached hydrogens (tertiary/aromatic N) is 1. The number of rotatable bonds is 5. The molecule has 2 rings (SSSR count). The van der Waals surface area contributed by atoms with Crippen LogP contribution in [0.25, 0.3) is 0 Å². The van der Waals surface area contributed by atoms with E-state index in [1.807, 2.05) is 6.92 Å².